The van der Waals surface area contributed by atoms with Gasteiger partial charge in [-0.1, -0.05) is 25.0 Å². The molecule has 0 aromatic heterocycles. The fourth-order valence-electron chi connectivity index (χ4n) is 4.74. The molecule has 1 aromatic carbocycles. The van der Waals surface area contributed by atoms with Crippen molar-refractivity contribution in [2.24, 2.45) is 17.6 Å². The van der Waals surface area contributed by atoms with Gasteiger partial charge in [0.25, 0.3) is 0 Å². The van der Waals surface area contributed by atoms with Crippen molar-refractivity contribution in [3.8, 4) is 0 Å². The Hall–Kier alpha value is -1.88. The van der Waals surface area contributed by atoms with Crippen LogP contribution in [0.4, 0.5) is 5.69 Å². The maximum atomic E-state index is 13.0. The molecule has 0 radical (unpaired) electrons. The van der Waals surface area contributed by atoms with E-state index >= 15 is 0 Å². The number of nitrogens with two attached hydrogens (primary N) is 1. The van der Waals surface area contributed by atoms with E-state index in [0.29, 0.717) is 18.5 Å². The standard InChI is InChI=1S/C23H33N3O2/c24-19-10-12-21(13-11-19)26(23(28)18-8-9-18)15-16-4-3-7-20(14-16)25-22(27)17-5-1-2-6-17/h3-4,7,14,17-19,21H,1-2,5-6,8-13,15,24H2,(H,25,27). The van der Waals surface area contributed by atoms with Gasteiger partial charge < -0.3 is 16.0 Å². The first-order valence-corrected chi connectivity index (χ1v) is 11.1. The van der Waals surface area contributed by atoms with E-state index in [0.717, 1.165) is 75.5 Å². The van der Waals surface area contributed by atoms with Crippen molar-refractivity contribution in [3.05, 3.63) is 29.8 Å². The minimum atomic E-state index is 0.141. The summed E-state index contributed by atoms with van der Waals surface area (Å²) in [6.07, 6.45) is 10.3. The zero-order valence-electron chi connectivity index (χ0n) is 16.7. The molecule has 1 aromatic rings. The number of amides is 2. The lowest BCUT2D eigenvalue weighted by Gasteiger charge is -2.36. The average molecular weight is 384 g/mol. The van der Waals surface area contributed by atoms with Crippen LogP contribution < -0.4 is 11.1 Å². The predicted molar refractivity (Wildman–Crippen MR) is 111 cm³/mol. The molecule has 0 unspecified atom stereocenters. The third-order valence-corrected chi connectivity index (χ3v) is 6.67. The molecule has 2 amide bonds. The molecule has 3 fully saturated rings. The van der Waals surface area contributed by atoms with Gasteiger partial charge in [-0.2, -0.15) is 0 Å². The summed E-state index contributed by atoms with van der Waals surface area (Å²) in [5.41, 5.74) is 8.01. The lowest BCUT2D eigenvalue weighted by molar-refractivity contribution is -0.136. The summed E-state index contributed by atoms with van der Waals surface area (Å²) in [6.45, 7) is 0.627. The molecule has 152 valence electrons. The topological polar surface area (TPSA) is 75.4 Å². The molecule has 0 atom stereocenters. The number of benzene rings is 1. The van der Waals surface area contributed by atoms with E-state index in [1.54, 1.807) is 0 Å². The van der Waals surface area contributed by atoms with Gasteiger partial charge in [-0.05, 0) is 69.1 Å². The van der Waals surface area contributed by atoms with Crippen LogP contribution in [0.1, 0.15) is 69.8 Å². The van der Waals surface area contributed by atoms with Crippen molar-refractivity contribution in [2.45, 2.75) is 82.8 Å². The summed E-state index contributed by atoms with van der Waals surface area (Å²) in [5, 5.41) is 3.09. The van der Waals surface area contributed by atoms with Gasteiger partial charge in [0.15, 0.2) is 0 Å². The Balaban J connectivity index is 1.44. The minimum absolute atomic E-state index is 0.141. The summed E-state index contributed by atoms with van der Waals surface area (Å²) in [4.78, 5) is 27.5. The number of nitrogens with one attached hydrogen (secondary N) is 1. The van der Waals surface area contributed by atoms with Gasteiger partial charge in [0.2, 0.25) is 11.8 Å². The molecule has 28 heavy (non-hydrogen) atoms. The first-order chi connectivity index (χ1) is 13.6. The number of hydrogen-bond acceptors (Lipinski definition) is 3. The molecule has 0 saturated heterocycles. The molecule has 4 rings (SSSR count). The smallest absolute Gasteiger partial charge is 0.227 e. The van der Waals surface area contributed by atoms with Crippen molar-refractivity contribution in [3.63, 3.8) is 0 Å². The Bertz CT molecular complexity index is 702. The van der Waals surface area contributed by atoms with Gasteiger partial charge in [0.05, 0.1) is 0 Å². The second-order valence-electron chi connectivity index (χ2n) is 8.98. The first kappa shape index (κ1) is 19.4. The fraction of sp³-hybridized carbons (Fsp3) is 0.652. The third-order valence-electron chi connectivity index (χ3n) is 6.67. The van der Waals surface area contributed by atoms with Gasteiger partial charge in [-0.25, -0.2) is 0 Å². The molecule has 5 nitrogen and oxygen atoms in total. The van der Waals surface area contributed by atoms with Crippen molar-refractivity contribution >= 4 is 17.5 Å². The fourth-order valence-corrected chi connectivity index (χ4v) is 4.74. The Morgan fingerprint density at radius 1 is 0.964 bits per heavy atom. The van der Waals surface area contributed by atoms with Crippen LogP contribution >= 0.6 is 0 Å². The lowest BCUT2D eigenvalue weighted by atomic mass is 9.90. The normalized spacial score (nSPS) is 25.5. The highest BCUT2D eigenvalue weighted by Gasteiger charge is 2.37. The van der Waals surface area contributed by atoms with E-state index in [4.69, 9.17) is 5.73 Å². The van der Waals surface area contributed by atoms with Crippen LogP contribution in [0.3, 0.4) is 0 Å². The number of carbonyl (C=O) groups is 2. The van der Waals surface area contributed by atoms with Crippen molar-refractivity contribution in [1.82, 2.24) is 4.90 Å². The molecule has 0 spiro atoms. The van der Waals surface area contributed by atoms with Crippen LogP contribution in [0.5, 0.6) is 0 Å². The highest BCUT2D eigenvalue weighted by Crippen LogP contribution is 2.34. The number of hydrogen-bond donors (Lipinski definition) is 2. The van der Waals surface area contributed by atoms with Gasteiger partial charge in [-0.3, -0.25) is 9.59 Å². The average Bonchev–Trinajstić information content (AvgIpc) is 3.40. The van der Waals surface area contributed by atoms with E-state index in [-0.39, 0.29) is 23.8 Å². The SMILES string of the molecule is NC1CCC(N(Cc2cccc(NC(=O)C3CCCC3)c2)C(=O)C2CC2)CC1. The summed E-state index contributed by atoms with van der Waals surface area (Å²) < 4.78 is 0. The number of anilines is 1. The maximum Gasteiger partial charge on any atom is 0.227 e. The van der Waals surface area contributed by atoms with Crippen LogP contribution in [0.25, 0.3) is 0 Å². The molecule has 3 aliphatic carbocycles. The molecule has 0 heterocycles. The Labute approximate surface area is 168 Å². The van der Waals surface area contributed by atoms with Gasteiger partial charge in [0, 0.05) is 36.2 Å². The maximum absolute atomic E-state index is 13.0. The van der Waals surface area contributed by atoms with Gasteiger partial charge in [0.1, 0.15) is 0 Å². The Morgan fingerprint density at radius 2 is 1.68 bits per heavy atom. The Morgan fingerprint density at radius 3 is 2.36 bits per heavy atom. The minimum Gasteiger partial charge on any atom is -0.335 e. The van der Waals surface area contributed by atoms with Crippen molar-refractivity contribution < 1.29 is 9.59 Å². The van der Waals surface area contributed by atoms with E-state index in [1.807, 2.05) is 18.2 Å². The summed E-state index contributed by atoms with van der Waals surface area (Å²) in [6, 6.07) is 8.61. The van der Waals surface area contributed by atoms with Crippen molar-refractivity contribution in [1.29, 1.82) is 0 Å². The van der Waals surface area contributed by atoms with Gasteiger partial charge in [-0.15, -0.1) is 0 Å². The van der Waals surface area contributed by atoms with E-state index in [1.165, 1.54) is 0 Å². The highest BCUT2D eigenvalue weighted by atomic mass is 16.2. The zero-order valence-corrected chi connectivity index (χ0v) is 16.7. The highest BCUT2D eigenvalue weighted by molar-refractivity contribution is 5.92. The molecule has 0 aliphatic heterocycles. The lowest BCUT2D eigenvalue weighted by Crippen LogP contribution is -2.44. The quantitative estimate of drug-likeness (QED) is 0.784. The van der Waals surface area contributed by atoms with Crippen LogP contribution in [0, 0.1) is 11.8 Å². The van der Waals surface area contributed by atoms with Crippen LogP contribution in [0.2, 0.25) is 0 Å². The molecule has 3 saturated carbocycles. The summed E-state index contributed by atoms with van der Waals surface area (Å²) in [5.74, 6) is 0.826. The Kier molecular flexibility index (Phi) is 6.00. The zero-order chi connectivity index (χ0) is 19.5. The van der Waals surface area contributed by atoms with Crippen LogP contribution in [-0.4, -0.2) is 28.8 Å². The molecular weight excluding hydrogens is 350 g/mol. The number of carbonyl (C=O) groups excluding carboxylic acids is 2. The second-order valence-corrected chi connectivity index (χ2v) is 8.98. The van der Waals surface area contributed by atoms with Crippen molar-refractivity contribution in [2.75, 3.05) is 5.32 Å². The first-order valence-electron chi connectivity index (χ1n) is 11.1. The van der Waals surface area contributed by atoms with Crippen LogP contribution in [-0.2, 0) is 16.1 Å². The second kappa shape index (κ2) is 8.64. The molecule has 3 N–H and O–H groups in total. The van der Waals surface area contributed by atoms with Gasteiger partial charge >= 0.3 is 0 Å². The molecular formula is C23H33N3O2. The summed E-state index contributed by atoms with van der Waals surface area (Å²) in [7, 11) is 0. The van der Waals surface area contributed by atoms with E-state index in [9.17, 15) is 9.59 Å². The monoisotopic (exact) mass is 383 g/mol. The predicted octanol–water partition coefficient (Wildman–Crippen LogP) is 3.82. The number of nitrogens with zero attached hydrogens (tertiary/aromatic N) is 1. The van der Waals surface area contributed by atoms with E-state index in [2.05, 4.69) is 16.3 Å². The largest absolute Gasteiger partial charge is 0.335 e. The van der Waals surface area contributed by atoms with E-state index < -0.39 is 0 Å². The molecule has 3 aliphatic rings. The molecule has 0 bridgehead atoms. The molecule has 5 heteroatoms. The van der Waals surface area contributed by atoms with Crippen LogP contribution in [0.15, 0.2) is 24.3 Å². The third kappa shape index (κ3) is 4.75. The summed E-state index contributed by atoms with van der Waals surface area (Å²) >= 11 is 0. The number of rotatable bonds is 6.